The van der Waals surface area contributed by atoms with E-state index in [1.165, 1.54) is 16.7 Å². The van der Waals surface area contributed by atoms with E-state index in [1.54, 1.807) is 36.4 Å². The number of thioether (sulfide) groups is 1. The fourth-order valence-electron chi connectivity index (χ4n) is 4.65. The summed E-state index contributed by atoms with van der Waals surface area (Å²) in [6.07, 6.45) is -5.04. The normalized spacial score (nSPS) is 13.2. The number of carbonyl (C=O) groups excluding carboxylic acids is 1. The first kappa shape index (κ1) is 33.7. The molecular formula is C29H23B4F5N2O3S. The molecule has 0 aliphatic rings. The molecular weight excluding hydrogens is 595 g/mol. The molecule has 15 heteroatoms. The molecule has 0 saturated heterocycles. The summed E-state index contributed by atoms with van der Waals surface area (Å²) in [5, 5.41) is 20.6. The van der Waals surface area contributed by atoms with Gasteiger partial charge in [0, 0.05) is 33.5 Å². The van der Waals surface area contributed by atoms with E-state index in [0.717, 1.165) is 23.9 Å². The summed E-state index contributed by atoms with van der Waals surface area (Å²) in [7, 11) is 22.4. The highest BCUT2D eigenvalue weighted by molar-refractivity contribution is 8.03. The van der Waals surface area contributed by atoms with Crippen LogP contribution in [0.2, 0.25) is 0 Å². The summed E-state index contributed by atoms with van der Waals surface area (Å²) in [6, 6.07) is 14.0. The van der Waals surface area contributed by atoms with E-state index >= 15 is 0 Å². The number of amides is 1. The lowest BCUT2D eigenvalue weighted by Crippen LogP contribution is -2.54. The maximum Gasteiger partial charge on any atom is 0.416 e. The molecule has 4 aromatic rings. The largest absolute Gasteiger partial charge is 0.416 e. The van der Waals surface area contributed by atoms with Crippen molar-refractivity contribution in [3.05, 3.63) is 100 Å². The first-order valence-electron chi connectivity index (χ1n) is 13.2. The Balaban J connectivity index is 1.57. The second kappa shape index (κ2) is 13.1. The number of rotatable bonds is 11. The van der Waals surface area contributed by atoms with Crippen LogP contribution >= 0.6 is 11.8 Å². The standard InChI is InChI=1S/C29H23B4F5N2O3S/c30-28(31,43)29(32,33)44-22-6-2-16(3-7-22)24(15-41)39-26(42)18-4-8-25-19(11-18)13-21(40(25)10-9-34)12-17-1-5-20(35)14-23(17)27(36,37)38/h1-8,11,13-14,24,41,43H,9-10,12,15H2,(H,39,42). The Morgan fingerprint density at radius 2 is 1.66 bits per heavy atom. The van der Waals surface area contributed by atoms with Gasteiger partial charge in [-0.2, -0.15) is 13.2 Å². The van der Waals surface area contributed by atoms with Gasteiger partial charge in [0.05, 0.1) is 56.1 Å². The smallest absolute Gasteiger partial charge is 0.409 e. The minimum absolute atomic E-state index is 0.140. The molecule has 0 spiro atoms. The van der Waals surface area contributed by atoms with Crippen LogP contribution in [0, 0.1) is 5.82 Å². The van der Waals surface area contributed by atoms with Crippen LogP contribution < -0.4 is 5.32 Å². The van der Waals surface area contributed by atoms with Gasteiger partial charge in [0.25, 0.3) is 5.91 Å². The van der Waals surface area contributed by atoms with E-state index in [4.69, 9.17) is 31.4 Å². The van der Waals surface area contributed by atoms with E-state index in [9.17, 15) is 37.0 Å². The van der Waals surface area contributed by atoms with E-state index in [1.807, 2.05) is 0 Å². The molecule has 0 aliphatic carbocycles. The van der Waals surface area contributed by atoms with Gasteiger partial charge < -0.3 is 20.1 Å². The number of aryl methyl sites for hydroxylation is 1. The van der Waals surface area contributed by atoms with E-state index in [0.29, 0.717) is 33.1 Å². The summed E-state index contributed by atoms with van der Waals surface area (Å²) in [5.41, 5.74) is 0.251. The number of nitrogens with one attached hydrogen (secondary N) is 1. The Morgan fingerprint density at radius 3 is 2.25 bits per heavy atom. The van der Waals surface area contributed by atoms with E-state index in [-0.39, 0.29) is 24.1 Å². The molecule has 5 nitrogen and oxygen atoms in total. The van der Waals surface area contributed by atoms with Gasteiger partial charge in [-0.15, -0.1) is 11.8 Å². The molecule has 1 amide bonds. The highest BCUT2D eigenvalue weighted by atomic mass is 32.2. The van der Waals surface area contributed by atoms with Crippen LogP contribution in [0.4, 0.5) is 22.0 Å². The first-order chi connectivity index (χ1) is 20.5. The predicted octanol–water partition coefficient (Wildman–Crippen LogP) is 3.89. The Kier molecular flexibility index (Phi) is 10.0. The zero-order valence-electron chi connectivity index (χ0n) is 23.1. The van der Waals surface area contributed by atoms with Crippen LogP contribution in [0.3, 0.4) is 0 Å². The Morgan fingerprint density at radius 1 is 0.977 bits per heavy atom. The van der Waals surface area contributed by atoms with Crippen molar-refractivity contribution >= 4 is 60.0 Å². The fourth-order valence-corrected chi connectivity index (χ4v) is 5.47. The highest BCUT2D eigenvalue weighted by Gasteiger charge is 2.35. The third kappa shape index (κ3) is 7.55. The third-order valence-electron chi connectivity index (χ3n) is 6.99. The average molecular weight is 618 g/mol. The molecule has 8 radical (unpaired) electrons. The van der Waals surface area contributed by atoms with Crippen LogP contribution in [-0.2, 0) is 19.1 Å². The van der Waals surface area contributed by atoms with Gasteiger partial charge in [-0.3, -0.25) is 4.79 Å². The number of aliphatic hydroxyl groups excluding tert-OH is 1. The molecule has 220 valence electrons. The van der Waals surface area contributed by atoms with Crippen molar-refractivity contribution in [2.24, 2.45) is 0 Å². The number of benzene rings is 3. The van der Waals surface area contributed by atoms with Gasteiger partial charge >= 0.3 is 6.18 Å². The minimum atomic E-state index is -4.79. The summed E-state index contributed by atoms with van der Waals surface area (Å²) < 4.78 is 67.4. The van der Waals surface area contributed by atoms with Gasteiger partial charge in [-0.1, -0.05) is 18.2 Å². The zero-order valence-corrected chi connectivity index (χ0v) is 23.9. The van der Waals surface area contributed by atoms with Crippen molar-refractivity contribution in [1.82, 2.24) is 9.88 Å². The van der Waals surface area contributed by atoms with Gasteiger partial charge in [-0.25, -0.2) is 8.78 Å². The second-order valence-electron chi connectivity index (χ2n) is 10.2. The second-order valence-corrected chi connectivity index (χ2v) is 11.6. The number of carbonyl (C=O) groups is 1. The molecule has 0 fully saturated rings. The van der Waals surface area contributed by atoms with Crippen molar-refractivity contribution in [2.45, 2.75) is 40.0 Å². The minimum Gasteiger partial charge on any atom is -0.409 e. The van der Waals surface area contributed by atoms with Crippen molar-refractivity contribution in [3.8, 4) is 0 Å². The molecule has 1 aromatic heterocycles. The molecule has 3 N–H and O–H groups in total. The number of halogens is 5. The monoisotopic (exact) mass is 618 g/mol. The number of hydrogen-bond donors (Lipinski definition) is 3. The summed E-state index contributed by atoms with van der Waals surface area (Å²) in [4.78, 5) is 13.6. The summed E-state index contributed by atoms with van der Waals surface area (Å²) >= 11 is 0.810. The molecule has 1 unspecified atom stereocenters. The lowest BCUT2D eigenvalue weighted by molar-refractivity contribution is -0.138. The first-order valence-corrected chi connectivity index (χ1v) is 14.0. The quantitative estimate of drug-likeness (QED) is 0.136. The van der Waals surface area contributed by atoms with Gasteiger partial charge in [0.1, 0.15) is 12.5 Å². The predicted molar refractivity (Wildman–Crippen MR) is 162 cm³/mol. The third-order valence-corrected chi connectivity index (χ3v) is 8.16. The Hall–Kier alpha value is -3.15. The molecule has 0 aliphatic heterocycles. The molecule has 3 aromatic carbocycles. The molecule has 1 atom stereocenters. The van der Waals surface area contributed by atoms with Gasteiger partial charge in [0.15, 0.2) is 0 Å². The highest BCUT2D eigenvalue weighted by Crippen LogP contribution is 2.35. The number of hydrogen-bond acceptors (Lipinski definition) is 4. The fraction of sp³-hybridized carbons (Fsp3) is 0.276. The van der Waals surface area contributed by atoms with E-state index < -0.39 is 52.7 Å². The molecule has 44 heavy (non-hydrogen) atoms. The number of nitrogens with zero attached hydrogens (tertiary/aromatic N) is 1. The van der Waals surface area contributed by atoms with Crippen LogP contribution in [0.15, 0.2) is 71.6 Å². The van der Waals surface area contributed by atoms with Crippen LogP contribution in [-0.4, -0.2) is 75.3 Å². The summed E-state index contributed by atoms with van der Waals surface area (Å²) in [6.45, 7) is -1.39. The summed E-state index contributed by atoms with van der Waals surface area (Å²) in [5.74, 6) is -1.58. The molecule has 4 rings (SSSR count). The van der Waals surface area contributed by atoms with E-state index in [2.05, 4.69) is 5.32 Å². The maximum absolute atomic E-state index is 13.6. The maximum atomic E-state index is 13.6. The van der Waals surface area contributed by atoms with Crippen LogP contribution in [0.25, 0.3) is 10.9 Å². The number of alkyl halides is 4. The average Bonchev–Trinajstić information content (AvgIpc) is 3.28. The van der Waals surface area contributed by atoms with Crippen LogP contribution in [0.1, 0.15) is 38.8 Å². The molecule has 0 bridgehead atoms. The van der Waals surface area contributed by atoms with Gasteiger partial charge in [-0.05, 0) is 69.6 Å². The van der Waals surface area contributed by atoms with Crippen molar-refractivity contribution < 1.29 is 37.0 Å². The number of aromatic nitrogens is 1. The Labute approximate surface area is 260 Å². The number of fused-ring (bicyclic) bond motifs is 1. The lowest BCUT2D eigenvalue weighted by Gasteiger charge is -2.39. The van der Waals surface area contributed by atoms with Crippen molar-refractivity contribution in [2.75, 3.05) is 13.3 Å². The lowest BCUT2D eigenvalue weighted by atomic mass is 9.45. The Bertz CT molecular complexity index is 1640. The van der Waals surface area contributed by atoms with Gasteiger partial charge in [0.2, 0.25) is 0 Å². The van der Waals surface area contributed by atoms with Crippen LogP contribution in [0.5, 0.6) is 0 Å². The topological polar surface area (TPSA) is 74.5 Å². The molecule has 1 heterocycles. The van der Waals surface area contributed by atoms with Crippen molar-refractivity contribution in [3.63, 3.8) is 0 Å². The van der Waals surface area contributed by atoms with Crippen molar-refractivity contribution in [1.29, 1.82) is 0 Å². The molecule has 0 saturated carbocycles. The zero-order chi connectivity index (χ0) is 32.4. The SMILES string of the molecule is [B]C([B])(O)C([B])([B])Sc1ccc(C(CO)NC(=O)c2ccc3c(c2)cc(Cc2ccc(F)cc2C(F)(F)F)n3CCF)cc1. The number of aliphatic hydroxyl groups is 2.